The van der Waals surface area contributed by atoms with Crippen LogP contribution in [0.2, 0.25) is 0 Å². The van der Waals surface area contributed by atoms with Crippen LogP contribution in [-0.2, 0) is 0 Å². The molecule has 0 saturated heterocycles. The number of benzene rings is 1. The quantitative estimate of drug-likeness (QED) is 0.829. The van der Waals surface area contributed by atoms with Crippen molar-refractivity contribution in [2.45, 2.75) is 39.2 Å². The van der Waals surface area contributed by atoms with Crippen molar-refractivity contribution in [3.05, 3.63) is 29.3 Å². The first-order valence-electron chi connectivity index (χ1n) is 6.55. The lowest BCUT2D eigenvalue weighted by Crippen LogP contribution is -2.40. The summed E-state index contributed by atoms with van der Waals surface area (Å²) in [6.07, 6.45) is 1.52. The summed E-state index contributed by atoms with van der Waals surface area (Å²) in [5, 5.41) is 12.8. The van der Waals surface area contributed by atoms with Crippen LogP contribution in [0.25, 0.3) is 0 Å². The number of methoxy groups -OCH3 is 1. The number of ether oxygens (including phenoxy) is 1. The van der Waals surface area contributed by atoms with E-state index in [-0.39, 0.29) is 12.5 Å². The van der Waals surface area contributed by atoms with Gasteiger partial charge in [0.05, 0.1) is 18.3 Å². The molecule has 0 fully saturated rings. The predicted octanol–water partition coefficient (Wildman–Crippen LogP) is 2.28. The molecule has 0 aliphatic heterocycles. The zero-order valence-corrected chi connectivity index (χ0v) is 12.1. The normalized spacial score (nSPS) is 13.7. The Hall–Kier alpha value is -1.55. The molecule has 0 bridgehead atoms. The molecule has 2 N–H and O–H groups in total. The van der Waals surface area contributed by atoms with E-state index >= 15 is 0 Å². The maximum absolute atomic E-state index is 12.1. The minimum absolute atomic E-state index is 0.225. The molecule has 1 aromatic rings. The van der Waals surface area contributed by atoms with Gasteiger partial charge >= 0.3 is 0 Å². The third-order valence-electron chi connectivity index (χ3n) is 3.02. The Kier molecular flexibility index (Phi) is 5.36. The lowest BCUT2D eigenvalue weighted by atomic mass is 10.0. The predicted molar refractivity (Wildman–Crippen MR) is 75.6 cm³/mol. The first-order valence-corrected chi connectivity index (χ1v) is 6.55. The van der Waals surface area contributed by atoms with Gasteiger partial charge in [0.15, 0.2) is 0 Å². The number of amides is 1. The maximum atomic E-state index is 12.1. The van der Waals surface area contributed by atoms with Crippen LogP contribution in [0.4, 0.5) is 0 Å². The summed E-state index contributed by atoms with van der Waals surface area (Å²) in [6.45, 7) is 5.88. The third-order valence-corrected chi connectivity index (χ3v) is 3.02. The fraction of sp³-hybridized carbons (Fsp3) is 0.533. The first kappa shape index (κ1) is 15.5. The van der Waals surface area contributed by atoms with Crippen LogP contribution in [0.15, 0.2) is 18.2 Å². The Morgan fingerprint density at radius 3 is 2.74 bits per heavy atom. The molecule has 1 unspecified atom stereocenters. The summed E-state index contributed by atoms with van der Waals surface area (Å²) in [7, 11) is 1.54. The van der Waals surface area contributed by atoms with Gasteiger partial charge in [0, 0.05) is 6.54 Å². The second kappa shape index (κ2) is 6.57. The Labute approximate surface area is 114 Å². The molecule has 19 heavy (non-hydrogen) atoms. The zero-order valence-electron chi connectivity index (χ0n) is 12.1. The van der Waals surface area contributed by atoms with Crippen LogP contribution in [0.3, 0.4) is 0 Å². The first-order chi connectivity index (χ1) is 8.89. The van der Waals surface area contributed by atoms with Gasteiger partial charge in [-0.2, -0.15) is 0 Å². The maximum Gasteiger partial charge on any atom is 0.255 e. The highest BCUT2D eigenvalue weighted by Gasteiger charge is 2.21. The molecule has 1 aromatic carbocycles. The molecule has 1 rings (SSSR count). The Bertz CT molecular complexity index is 441. The topological polar surface area (TPSA) is 58.6 Å². The lowest BCUT2D eigenvalue weighted by Gasteiger charge is -2.23. The minimum Gasteiger partial charge on any atom is -0.496 e. The second-order valence-electron chi connectivity index (χ2n) is 5.13. The van der Waals surface area contributed by atoms with Crippen LogP contribution >= 0.6 is 0 Å². The van der Waals surface area contributed by atoms with Crippen molar-refractivity contribution in [2.75, 3.05) is 13.7 Å². The number of hydrogen-bond donors (Lipinski definition) is 2. The van der Waals surface area contributed by atoms with E-state index in [1.165, 1.54) is 7.11 Å². The van der Waals surface area contributed by atoms with E-state index in [9.17, 15) is 9.90 Å². The summed E-state index contributed by atoms with van der Waals surface area (Å²) >= 11 is 0. The van der Waals surface area contributed by atoms with E-state index in [2.05, 4.69) is 5.32 Å². The summed E-state index contributed by atoms with van der Waals surface area (Å²) < 4.78 is 5.18. The van der Waals surface area contributed by atoms with E-state index in [0.717, 1.165) is 12.0 Å². The van der Waals surface area contributed by atoms with E-state index in [1.54, 1.807) is 19.1 Å². The number of aliphatic hydroxyl groups is 1. The van der Waals surface area contributed by atoms with Gasteiger partial charge in [0.2, 0.25) is 0 Å². The smallest absolute Gasteiger partial charge is 0.255 e. The number of aryl methyl sites for hydroxylation is 1. The summed E-state index contributed by atoms with van der Waals surface area (Å²) in [5.74, 6) is 0.315. The van der Waals surface area contributed by atoms with Gasteiger partial charge in [0.1, 0.15) is 5.75 Å². The molecule has 0 spiro atoms. The number of carbonyl (C=O) groups is 1. The van der Waals surface area contributed by atoms with Crippen molar-refractivity contribution in [3.63, 3.8) is 0 Å². The van der Waals surface area contributed by atoms with Crippen LogP contribution in [0.5, 0.6) is 5.75 Å². The Balaban J connectivity index is 2.76. The molecule has 0 saturated carbocycles. The highest BCUT2D eigenvalue weighted by Crippen LogP contribution is 2.19. The standard InChI is InChI=1S/C15H23NO3/c1-5-8-15(3,18)10-16-14(17)12-9-11(2)6-7-13(12)19-4/h6-7,9,18H,5,8,10H2,1-4H3,(H,16,17). The van der Waals surface area contributed by atoms with E-state index in [4.69, 9.17) is 4.74 Å². The number of nitrogens with one attached hydrogen (secondary N) is 1. The second-order valence-corrected chi connectivity index (χ2v) is 5.13. The fourth-order valence-corrected chi connectivity index (χ4v) is 1.99. The van der Waals surface area contributed by atoms with Crippen LogP contribution in [-0.4, -0.2) is 30.3 Å². The van der Waals surface area contributed by atoms with Crippen molar-refractivity contribution >= 4 is 5.91 Å². The number of rotatable bonds is 6. The lowest BCUT2D eigenvalue weighted by molar-refractivity contribution is 0.0469. The Morgan fingerprint density at radius 1 is 1.47 bits per heavy atom. The van der Waals surface area contributed by atoms with Crippen molar-refractivity contribution in [2.24, 2.45) is 0 Å². The van der Waals surface area contributed by atoms with Crippen molar-refractivity contribution in [1.29, 1.82) is 0 Å². The average molecular weight is 265 g/mol. The van der Waals surface area contributed by atoms with E-state index in [1.807, 2.05) is 19.9 Å². The van der Waals surface area contributed by atoms with Crippen molar-refractivity contribution in [3.8, 4) is 5.75 Å². The molecular formula is C15H23NO3. The van der Waals surface area contributed by atoms with E-state index in [0.29, 0.717) is 17.7 Å². The highest BCUT2D eigenvalue weighted by atomic mass is 16.5. The van der Waals surface area contributed by atoms with Crippen molar-refractivity contribution < 1.29 is 14.6 Å². The number of carbonyl (C=O) groups excluding carboxylic acids is 1. The molecule has 0 aliphatic carbocycles. The average Bonchev–Trinajstić information content (AvgIpc) is 2.36. The van der Waals surface area contributed by atoms with Gasteiger partial charge in [-0.3, -0.25) is 4.79 Å². The summed E-state index contributed by atoms with van der Waals surface area (Å²) in [5.41, 5.74) is 0.614. The van der Waals surface area contributed by atoms with Gasteiger partial charge in [-0.15, -0.1) is 0 Å². The van der Waals surface area contributed by atoms with Crippen LogP contribution in [0, 0.1) is 6.92 Å². The van der Waals surface area contributed by atoms with E-state index < -0.39 is 5.60 Å². The van der Waals surface area contributed by atoms with Gasteiger partial charge in [0.25, 0.3) is 5.91 Å². The summed E-state index contributed by atoms with van der Waals surface area (Å²) in [6, 6.07) is 5.44. The van der Waals surface area contributed by atoms with Crippen LogP contribution in [0.1, 0.15) is 42.6 Å². The van der Waals surface area contributed by atoms with Gasteiger partial charge in [-0.05, 0) is 32.4 Å². The molecule has 4 heteroatoms. The van der Waals surface area contributed by atoms with Gasteiger partial charge < -0.3 is 15.2 Å². The molecular weight excluding hydrogens is 242 g/mol. The fourth-order valence-electron chi connectivity index (χ4n) is 1.99. The number of hydrogen-bond acceptors (Lipinski definition) is 3. The molecule has 1 atom stereocenters. The largest absolute Gasteiger partial charge is 0.496 e. The van der Waals surface area contributed by atoms with Gasteiger partial charge in [-0.25, -0.2) is 0 Å². The highest BCUT2D eigenvalue weighted by molar-refractivity contribution is 5.97. The molecule has 0 aromatic heterocycles. The molecule has 0 radical (unpaired) electrons. The van der Waals surface area contributed by atoms with Crippen LogP contribution < -0.4 is 10.1 Å². The SMILES string of the molecule is CCCC(C)(O)CNC(=O)c1cc(C)ccc1OC. The molecule has 4 nitrogen and oxygen atoms in total. The monoisotopic (exact) mass is 265 g/mol. The zero-order chi connectivity index (χ0) is 14.5. The summed E-state index contributed by atoms with van der Waals surface area (Å²) in [4.78, 5) is 12.1. The third kappa shape index (κ3) is 4.56. The van der Waals surface area contributed by atoms with Gasteiger partial charge in [-0.1, -0.05) is 25.0 Å². The molecule has 106 valence electrons. The minimum atomic E-state index is -0.874. The molecule has 1 amide bonds. The molecule has 0 heterocycles. The Morgan fingerprint density at radius 2 is 2.16 bits per heavy atom. The van der Waals surface area contributed by atoms with Crippen molar-refractivity contribution in [1.82, 2.24) is 5.32 Å². The molecule has 0 aliphatic rings.